The fourth-order valence-corrected chi connectivity index (χ4v) is 2.04. The molecule has 1 aromatic carbocycles. The number of likely N-dealkylation sites (N-methyl/N-ethyl adjacent to an activating group) is 1. The molecule has 1 rings (SSSR count). The van der Waals surface area contributed by atoms with Gasteiger partial charge in [-0.2, -0.15) is 0 Å². The van der Waals surface area contributed by atoms with Crippen LogP contribution in [0.5, 0.6) is 11.5 Å². The second kappa shape index (κ2) is 7.69. The number of carbonyl (C=O) groups is 1. The van der Waals surface area contributed by atoms with Crippen LogP contribution in [0.1, 0.15) is 22.8 Å². The monoisotopic (exact) mass is 292 g/mol. The quantitative estimate of drug-likeness (QED) is 0.779. The predicted molar refractivity (Wildman–Crippen MR) is 84.1 cm³/mol. The SMILES string of the molecule is C=CCc1cc(C(=O)N(C)C(C)CN)cc(OC)c1OC. The number of hydrogen-bond acceptors (Lipinski definition) is 4. The molecule has 5 heteroatoms. The van der Waals surface area contributed by atoms with Crippen molar-refractivity contribution in [3.05, 3.63) is 35.9 Å². The van der Waals surface area contributed by atoms with Gasteiger partial charge in [0.05, 0.1) is 14.2 Å². The topological polar surface area (TPSA) is 64.8 Å². The minimum absolute atomic E-state index is 0.0338. The number of amides is 1. The summed E-state index contributed by atoms with van der Waals surface area (Å²) in [6, 6.07) is 3.46. The van der Waals surface area contributed by atoms with Gasteiger partial charge in [0.25, 0.3) is 5.91 Å². The highest BCUT2D eigenvalue weighted by atomic mass is 16.5. The molecule has 2 N–H and O–H groups in total. The Morgan fingerprint density at radius 3 is 2.57 bits per heavy atom. The number of allylic oxidation sites excluding steroid dienone is 1. The Morgan fingerprint density at radius 2 is 2.10 bits per heavy atom. The highest BCUT2D eigenvalue weighted by molar-refractivity contribution is 5.95. The maximum Gasteiger partial charge on any atom is 0.254 e. The lowest BCUT2D eigenvalue weighted by molar-refractivity contribution is 0.0748. The van der Waals surface area contributed by atoms with Crippen LogP contribution >= 0.6 is 0 Å². The van der Waals surface area contributed by atoms with Crippen LogP contribution in [0, 0.1) is 0 Å². The van der Waals surface area contributed by atoms with E-state index >= 15 is 0 Å². The summed E-state index contributed by atoms with van der Waals surface area (Å²) in [6.45, 7) is 6.05. The van der Waals surface area contributed by atoms with Gasteiger partial charge in [-0.25, -0.2) is 0 Å². The predicted octanol–water partition coefficient (Wildman–Crippen LogP) is 1.85. The van der Waals surface area contributed by atoms with Gasteiger partial charge in [0.1, 0.15) is 0 Å². The molecule has 1 aromatic rings. The van der Waals surface area contributed by atoms with E-state index in [1.807, 2.05) is 13.0 Å². The number of nitrogens with zero attached hydrogens (tertiary/aromatic N) is 1. The molecule has 0 saturated carbocycles. The lowest BCUT2D eigenvalue weighted by atomic mass is 10.0. The van der Waals surface area contributed by atoms with Crippen molar-refractivity contribution in [2.45, 2.75) is 19.4 Å². The Morgan fingerprint density at radius 1 is 1.43 bits per heavy atom. The Kier molecular flexibility index (Phi) is 6.24. The third-order valence-electron chi connectivity index (χ3n) is 3.49. The molecule has 0 fully saturated rings. The van der Waals surface area contributed by atoms with E-state index in [0.717, 1.165) is 5.56 Å². The Balaban J connectivity index is 3.27. The first-order chi connectivity index (χ1) is 9.99. The van der Waals surface area contributed by atoms with E-state index in [9.17, 15) is 4.79 Å². The molecule has 5 nitrogen and oxygen atoms in total. The molecule has 0 bridgehead atoms. The van der Waals surface area contributed by atoms with Gasteiger partial charge in [0, 0.05) is 30.8 Å². The van der Waals surface area contributed by atoms with E-state index in [4.69, 9.17) is 15.2 Å². The van der Waals surface area contributed by atoms with Crippen LogP contribution < -0.4 is 15.2 Å². The zero-order valence-corrected chi connectivity index (χ0v) is 13.2. The Labute approximate surface area is 126 Å². The molecule has 1 atom stereocenters. The molecular weight excluding hydrogens is 268 g/mol. The van der Waals surface area contributed by atoms with Crippen LogP contribution in [-0.2, 0) is 6.42 Å². The summed E-state index contributed by atoms with van der Waals surface area (Å²) in [7, 11) is 4.87. The number of rotatable bonds is 7. The van der Waals surface area contributed by atoms with E-state index in [1.54, 1.807) is 38.3 Å². The lowest BCUT2D eigenvalue weighted by Gasteiger charge is -2.24. The number of hydrogen-bond donors (Lipinski definition) is 1. The first-order valence-corrected chi connectivity index (χ1v) is 6.83. The second-order valence-electron chi connectivity index (χ2n) is 4.86. The van der Waals surface area contributed by atoms with Gasteiger partial charge in [-0.3, -0.25) is 4.79 Å². The summed E-state index contributed by atoms with van der Waals surface area (Å²) in [6.07, 6.45) is 2.36. The molecule has 0 aromatic heterocycles. The average molecular weight is 292 g/mol. The molecule has 0 spiro atoms. The normalized spacial score (nSPS) is 11.7. The van der Waals surface area contributed by atoms with Crippen molar-refractivity contribution in [1.29, 1.82) is 0 Å². The molecule has 0 aliphatic rings. The number of ether oxygens (including phenoxy) is 2. The Bertz CT molecular complexity index is 514. The molecule has 21 heavy (non-hydrogen) atoms. The van der Waals surface area contributed by atoms with Crippen LogP contribution in [-0.4, -0.2) is 44.7 Å². The van der Waals surface area contributed by atoms with E-state index in [-0.39, 0.29) is 11.9 Å². The van der Waals surface area contributed by atoms with Gasteiger partial charge in [-0.1, -0.05) is 6.08 Å². The second-order valence-corrected chi connectivity index (χ2v) is 4.86. The maximum absolute atomic E-state index is 12.5. The molecule has 0 radical (unpaired) electrons. The van der Waals surface area contributed by atoms with E-state index < -0.39 is 0 Å². The van der Waals surface area contributed by atoms with Crippen LogP contribution in [0.4, 0.5) is 0 Å². The third kappa shape index (κ3) is 3.76. The fourth-order valence-electron chi connectivity index (χ4n) is 2.04. The van der Waals surface area contributed by atoms with Gasteiger partial charge in [-0.15, -0.1) is 6.58 Å². The largest absolute Gasteiger partial charge is 0.493 e. The van der Waals surface area contributed by atoms with E-state index in [0.29, 0.717) is 30.0 Å². The van der Waals surface area contributed by atoms with E-state index in [1.165, 1.54) is 0 Å². The molecule has 1 unspecified atom stereocenters. The van der Waals surface area contributed by atoms with Gasteiger partial charge in [0.2, 0.25) is 0 Å². The molecule has 1 amide bonds. The van der Waals surface area contributed by atoms with Crippen molar-refractivity contribution < 1.29 is 14.3 Å². The summed E-state index contributed by atoms with van der Waals surface area (Å²) in [5.41, 5.74) is 7.03. The summed E-state index contributed by atoms with van der Waals surface area (Å²) in [5, 5.41) is 0. The van der Waals surface area contributed by atoms with Gasteiger partial charge >= 0.3 is 0 Å². The van der Waals surface area contributed by atoms with Gasteiger partial charge in [0.15, 0.2) is 11.5 Å². The average Bonchev–Trinajstić information content (AvgIpc) is 2.51. The van der Waals surface area contributed by atoms with Crippen LogP contribution in [0.2, 0.25) is 0 Å². The van der Waals surface area contributed by atoms with E-state index in [2.05, 4.69) is 6.58 Å². The summed E-state index contributed by atoms with van der Waals surface area (Å²) < 4.78 is 10.7. The molecular formula is C16H24N2O3. The minimum atomic E-state index is -0.0979. The molecule has 0 heterocycles. The third-order valence-corrected chi connectivity index (χ3v) is 3.49. The van der Waals surface area contributed by atoms with Crippen molar-refractivity contribution >= 4 is 5.91 Å². The first kappa shape index (κ1) is 17.0. The number of carbonyl (C=O) groups excluding carboxylic acids is 1. The smallest absolute Gasteiger partial charge is 0.254 e. The van der Waals surface area contributed by atoms with Crippen molar-refractivity contribution in [2.75, 3.05) is 27.8 Å². The summed E-state index contributed by atoms with van der Waals surface area (Å²) in [5.74, 6) is 1.07. The first-order valence-electron chi connectivity index (χ1n) is 6.83. The van der Waals surface area contributed by atoms with Crippen LogP contribution in [0.15, 0.2) is 24.8 Å². The standard InChI is InChI=1S/C16H24N2O3/c1-6-7-12-8-13(9-14(20-4)15(12)21-5)16(19)18(3)11(2)10-17/h6,8-9,11H,1,7,10,17H2,2-5H3. The van der Waals surface area contributed by atoms with Crippen molar-refractivity contribution in [3.63, 3.8) is 0 Å². The number of methoxy groups -OCH3 is 2. The Hall–Kier alpha value is -2.01. The van der Waals surface area contributed by atoms with Crippen molar-refractivity contribution in [3.8, 4) is 11.5 Å². The lowest BCUT2D eigenvalue weighted by Crippen LogP contribution is -2.39. The van der Waals surface area contributed by atoms with Crippen molar-refractivity contribution in [2.24, 2.45) is 5.73 Å². The minimum Gasteiger partial charge on any atom is -0.493 e. The highest BCUT2D eigenvalue weighted by Gasteiger charge is 2.20. The number of nitrogens with two attached hydrogens (primary N) is 1. The summed E-state index contributed by atoms with van der Waals surface area (Å²) >= 11 is 0. The highest BCUT2D eigenvalue weighted by Crippen LogP contribution is 2.33. The molecule has 0 aliphatic heterocycles. The van der Waals surface area contributed by atoms with Gasteiger partial charge in [-0.05, 0) is 25.5 Å². The summed E-state index contributed by atoms with van der Waals surface area (Å²) in [4.78, 5) is 14.1. The molecule has 116 valence electrons. The van der Waals surface area contributed by atoms with Crippen LogP contribution in [0.25, 0.3) is 0 Å². The number of benzene rings is 1. The maximum atomic E-state index is 12.5. The van der Waals surface area contributed by atoms with Crippen LogP contribution in [0.3, 0.4) is 0 Å². The zero-order valence-electron chi connectivity index (χ0n) is 13.2. The van der Waals surface area contributed by atoms with Crippen molar-refractivity contribution in [1.82, 2.24) is 4.90 Å². The van der Waals surface area contributed by atoms with Gasteiger partial charge < -0.3 is 20.1 Å². The molecule has 0 aliphatic carbocycles. The fraction of sp³-hybridized carbons (Fsp3) is 0.438. The zero-order chi connectivity index (χ0) is 16.0. The molecule has 0 saturated heterocycles.